The molecule has 0 radical (unpaired) electrons. The Kier molecular flexibility index (Phi) is 6.92. The van der Waals surface area contributed by atoms with Crippen molar-refractivity contribution in [1.29, 1.82) is 0 Å². The molecule has 1 saturated heterocycles. The van der Waals surface area contributed by atoms with Gasteiger partial charge >= 0.3 is 0 Å². The van der Waals surface area contributed by atoms with Gasteiger partial charge in [-0.2, -0.15) is 0 Å². The lowest BCUT2D eigenvalue weighted by molar-refractivity contribution is -0.278. The molecule has 0 spiro atoms. The van der Waals surface area contributed by atoms with E-state index in [9.17, 15) is 20.4 Å². The Hall–Kier alpha value is -1.97. The number of benzene rings is 1. The summed E-state index contributed by atoms with van der Waals surface area (Å²) >= 11 is 0. The number of ether oxygens (including phenoxy) is 2. The van der Waals surface area contributed by atoms with E-state index < -0.39 is 37.3 Å². The van der Waals surface area contributed by atoms with Crippen molar-refractivity contribution in [2.24, 2.45) is 5.92 Å². The van der Waals surface area contributed by atoms with Crippen molar-refractivity contribution in [1.82, 2.24) is 10.2 Å². The number of aliphatic hydroxyl groups excluding tert-OH is 4. The fraction of sp³-hybridized carbons (Fsp3) is 0.571. The molecule has 2 heterocycles. The van der Waals surface area contributed by atoms with Crippen molar-refractivity contribution in [3.05, 3.63) is 46.6 Å². The number of aryl methyl sites for hydroxylation is 1. The van der Waals surface area contributed by atoms with Crippen LogP contribution in [0.4, 0.5) is 0 Å². The maximum absolute atomic E-state index is 10.2. The van der Waals surface area contributed by atoms with E-state index in [4.69, 9.17) is 9.47 Å². The van der Waals surface area contributed by atoms with E-state index in [1.807, 2.05) is 6.92 Å². The zero-order chi connectivity index (χ0) is 21.1. The predicted octanol–water partition coefficient (Wildman–Crippen LogP) is 0.686. The molecule has 0 saturated carbocycles. The molecular formula is C21H30N2O6. The SMILES string of the molecule is Cc1[nH]nc(OC2O[C@H](CO)[C@@H](O)[C@H](O)[C@H]2O)c1Cc1ccc(CC(C)C)cc1. The van der Waals surface area contributed by atoms with Gasteiger partial charge in [-0.15, -0.1) is 5.10 Å². The molecule has 1 unspecified atom stereocenters. The van der Waals surface area contributed by atoms with Crippen LogP contribution < -0.4 is 4.74 Å². The first kappa shape index (κ1) is 21.7. The number of rotatable bonds is 7. The third-order valence-corrected chi connectivity index (χ3v) is 5.16. The number of nitrogens with zero attached hydrogens (tertiary/aromatic N) is 1. The quantitative estimate of drug-likeness (QED) is 0.458. The number of nitrogens with one attached hydrogen (secondary N) is 1. The summed E-state index contributed by atoms with van der Waals surface area (Å²) in [7, 11) is 0. The summed E-state index contributed by atoms with van der Waals surface area (Å²) in [6.07, 6.45) is -5.11. The smallest absolute Gasteiger partial charge is 0.238 e. The second-order valence-corrected chi connectivity index (χ2v) is 8.04. The first-order chi connectivity index (χ1) is 13.8. The van der Waals surface area contributed by atoms with Gasteiger partial charge in [-0.3, -0.25) is 5.10 Å². The molecule has 1 aliphatic rings. The van der Waals surface area contributed by atoms with Crippen molar-refractivity contribution in [2.75, 3.05) is 6.61 Å². The van der Waals surface area contributed by atoms with E-state index in [1.54, 1.807) is 0 Å². The fourth-order valence-corrected chi connectivity index (χ4v) is 3.48. The molecule has 5 atom stereocenters. The average Bonchev–Trinajstić information content (AvgIpc) is 3.03. The van der Waals surface area contributed by atoms with E-state index >= 15 is 0 Å². The number of hydrogen-bond donors (Lipinski definition) is 5. The van der Waals surface area contributed by atoms with Crippen LogP contribution in [0, 0.1) is 12.8 Å². The summed E-state index contributed by atoms with van der Waals surface area (Å²) in [5, 5.41) is 46.4. The normalized spacial score (nSPS) is 27.4. The summed E-state index contributed by atoms with van der Waals surface area (Å²) in [6, 6.07) is 8.37. The first-order valence-electron chi connectivity index (χ1n) is 9.89. The highest BCUT2D eigenvalue weighted by Crippen LogP contribution is 2.28. The summed E-state index contributed by atoms with van der Waals surface area (Å²) in [5.41, 5.74) is 3.99. The van der Waals surface area contributed by atoms with Crippen LogP contribution >= 0.6 is 0 Å². The van der Waals surface area contributed by atoms with Crippen LogP contribution in [0.15, 0.2) is 24.3 Å². The molecule has 8 heteroatoms. The fourth-order valence-electron chi connectivity index (χ4n) is 3.48. The Bertz CT molecular complexity index is 789. The standard InChI is InChI=1S/C21H30N2O6/c1-11(2)8-13-4-6-14(7-5-13)9-15-12(3)22-23-20(15)29-21-19(27)18(26)17(25)16(10-24)28-21/h4-7,11,16-19,21,24-27H,8-10H2,1-3H3,(H,22,23)/t16-,17-,18+,19-,21?/m1/s1. The summed E-state index contributed by atoms with van der Waals surface area (Å²) in [5.74, 6) is 0.841. The molecule has 2 aromatic rings. The minimum Gasteiger partial charge on any atom is -0.443 e. The zero-order valence-corrected chi connectivity index (χ0v) is 16.9. The molecule has 3 rings (SSSR count). The first-order valence-corrected chi connectivity index (χ1v) is 9.89. The van der Waals surface area contributed by atoms with Crippen molar-refractivity contribution in [3.63, 3.8) is 0 Å². The Morgan fingerprint density at radius 3 is 2.34 bits per heavy atom. The van der Waals surface area contributed by atoms with Gasteiger partial charge in [0.1, 0.15) is 24.4 Å². The minimum atomic E-state index is -1.50. The highest BCUT2D eigenvalue weighted by atomic mass is 16.7. The lowest BCUT2D eigenvalue weighted by Crippen LogP contribution is -2.60. The monoisotopic (exact) mass is 406 g/mol. The third kappa shape index (κ3) is 4.96. The van der Waals surface area contributed by atoms with E-state index in [0.717, 1.165) is 23.2 Å². The van der Waals surface area contributed by atoms with Crippen molar-refractivity contribution in [2.45, 2.75) is 64.3 Å². The lowest BCUT2D eigenvalue weighted by atomic mass is 9.99. The molecule has 0 aliphatic carbocycles. The van der Waals surface area contributed by atoms with E-state index in [2.05, 4.69) is 48.3 Å². The zero-order valence-electron chi connectivity index (χ0n) is 16.9. The van der Waals surface area contributed by atoms with Gasteiger partial charge in [-0.05, 0) is 30.4 Å². The number of aromatic nitrogens is 2. The van der Waals surface area contributed by atoms with Crippen LogP contribution in [0.2, 0.25) is 0 Å². The van der Waals surface area contributed by atoms with Crippen LogP contribution in [0.25, 0.3) is 0 Å². The molecule has 160 valence electrons. The minimum absolute atomic E-state index is 0.248. The maximum Gasteiger partial charge on any atom is 0.238 e. The third-order valence-electron chi connectivity index (χ3n) is 5.16. The van der Waals surface area contributed by atoms with Crippen molar-refractivity contribution in [3.8, 4) is 5.88 Å². The van der Waals surface area contributed by atoms with Gasteiger partial charge in [0.15, 0.2) is 0 Å². The molecule has 0 amide bonds. The van der Waals surface area contributed by atoms with E-state index in [-0.39, 0.29) is 5.88 Å². The molecule has 5 N–H and O–H groups in total. The van der Waals surface area contributed by atoms with Crippen LogP contribution in [0.1, 0.15) is 36.2 Å². The summed E-state index contributed by atoms with van der Waals surface area (Å²) in [6.45, 7) is 5.73. The molecule has 1 aromatic carbocycles. The number of H-pyrrole nitrogens is 1. The number of aliphatic hydroxyl groups is 4. The summed E-state index contributed by atoms with van der Waals surface area (Å²) < 4.78 is 11.1. The van der Waals surface area contributed by atoms with Gasteiger partial charge < -0.3 is 29.9 Å². The molecule has 1 aliphatic heterocycles. The maximum atomic E-state index is 10.2. The van der Waals surface area contributed by atoms with Crippen LogP contribution in [-0.4, -0.2) is 67.9 Å². The molecule has 29 heavy (non-hydrogen) atoms. The molecule has 8 nitrogen and oxygen atoms in total. The Balaban J connectivity index is 1.74. The molecule has 0 bridgehead atoms. The topological polar surface area (TPSA) is 128 Å². The largest absolute Gasteiger partial charge is 0.443 e. The highest BCUT2D eigenvalue weighted by molar-refractivity contribution is 5.36. The van der Waals surface area contributed by atoms with Crippen molar-refractivity contribution >= 4 is 0 Å². The molecule has 1 fully saturated rings. The second-order valence-electron chi connectivity index (χ2n) is 8.04. The lowest BCUT2D eigenvalue weighted by Gasteiger charge is -2.39. The predicted molar refractivity (Wildman–Crippen MR) is 106 cm³/mol. The Labute approximate surface area is 170 Å². The van der Waals surface area contributed by atoms with Gasteiger partial charge in [0, 0.05) is 17.7 Å². The van der Waals surface area contributed by atoms with Crippen molar-refractivity contribution < 1.29 is 29.9 Å². The Morgan fingerprint density at radius 1 is 1.07 bits per heavy atom. The Morgan fingerprint density at radius 2 is 1.72 bits per heavy atom. The van der Waals surface area contributed by atoms with Gasteiger partial charge in [0.05, 0.1) is 6.61 Å². The van der Waals surface area contributed by atoms with E-state index in [1.165, 1.54) is 5.56 Å². The number of aromatic amines is 1. The van der Waals surface area contributed by atoms with Crippen LogP contribution in [0.5, 0.6) is 5.88 Å². The van der Waals surface area contributed by atoms with E-state index in [0.29, 0.717) is 12.3 Å². The average molecular weight is 406 g/mol. The van der Waals surface area contributed by atoms with Crippen LogP contribution in [-0.2, 0) is 17.6 Å². The van der Waals surface area contributed by atoms with Gasteiger partial charge in [-0.25, -0.2) is 0 Å². The summed E-state index contributed by atoms with van der Waals surface area (Å²) in [4.78, 5) is 0. The van der Waals surface area contributed by atoms with Gasteiger partial charge in [0.25, 0.3) is 0 Å². The molecule has 1 aromatic heterocycles. The number of hydrogen-bond acceptors (Lipinski definition) is 7. The van der Waals surface area contributed by atoms with Gasteiger partial charge in [-0.1, -0.05) is 38.1 Å². The second kappa shape index (κ2) is 9.23. The highest BCUT2D eigenvalue weighted by Gasteiger charge is 2.45. The molecular weight excluding hydrogens is 376 g/mol. The van der Waals surface area contributed by atoms with Crippen LogP contribution in [0.3, 0.4) is 0 Å². The van der Waals surface area contributed by atoms with Gasteiger partial charge in [0.2, 0.25) is 12.2 Å².